The average molecular weight is 354 g/mol. The molecule has 4 aromatic rings. The second-order valence-corrected chi connectivity index (χ2v) is 6.91. The van der Waals surface area contributed by atoms with Crippen LogP contribution in [0, 0.1) is 13.8 Å². The van der Waals surface area contributed by atoms with Gasteiger partial charge in [0.1, 0.15) is 6.54 Å². The number of benzene rings is 3. The highest BCUT2D eigenvalue weighted by Crippen LogP contribution is 2.28. The van der Waals surface area contributed by atoms with Crippen LogP contribution < -0.4 is 5.32 Å². The summed E-state index contributed by atoms with van der Waals surface area (Å²) in [6, 6.07) is 26.6. The molecule has 0 fully saturated rings. The topological polar surface area (TPSA) is 34.0 Å². The number of aryl methyl sites for hydroxylation is 2. The van der Waals surface area contributed by atoms with Gasteiger partial charge in [0.25, 0.3) is 0 Å². The number of amides is 1. The maximum Gasteiger partial charge on any atom is 0.244 e. The molecule has 134 valence electrons. The fourth-order valence-corrected chi connectivity index (χ4v) is 3.52. The summed E-state index contributed by atoms with van der Waals surface area (Å²) in [7, 11) is 0. The number of aromatic nitrogens is 1. The summed E-state index contributed by atoms with van der Waals surface area (Å²) < 4.78 is 2.09. The van der Waals surface area contributed by atoms with Crippen molar-refractivity contribution in [1.29, 1.82) is 0 Å². The minimum Gasteiger partial charge on any atom is -0.331 e. The zero-order valence-corrected chi connectivity index (χ0v) is 15.6. The van der Waals surface area contributed by atoms with Gasteiger partial charge in [-0.1, -0.05) is 66.2 Å². The van der Waals surface area contributed by atoms with Gasteiger partial charge in [0, 0.05) is 22.3 Å². The Morgan fingerprint density at radius 1 is 0.889 bits per heavy atom. The van der Waals surface area contributed by atoms with Gasteiger partial charge in [0.2, 0.25) is 5.91 Å². The smallest absolute Gasteiger partial charge is 0.244 e. The Kier molecular flexibility index (Phi) is 4.51. The lowest BCUT2D eigenvalue weighted by atomic mass is 10.1. The van der Waals surface area contributed by atoms with E-state index in [1.165, 1.54) is 5.56 Å². The predicted octanol–water partition coefficient (Wildman–Crippen LogP) is 5.56. The summed E-state index contributed by atoms with van der Waals surface area (Å²) in [6.07, 6.45) is 0. The van der Waals surface area contributed by atoms with E-state index < -0.39 is 0 Å². The number of nitrogens with one attached hydrogen (secondary N) is 1. The molecule has 1 heterocycles. The molecule has 0 saturated heterocycles. The fraction of sp³-hybridized carbons (Fsp3) is 0.125. The Morgan fingerprint density at radius 3 is 2.41 bits per heavy atom. The van der Waals surface area contributed by atoms with Crippen LogP contribution in [0.4, 0.5) is 5.69 Å². The number of carbonyl (C=O) groups excluding carboxylic acids is 1. The molecule has 1 amide bonds. The molecular weight excluding hydrogens is 332 g/mol. The van der Waals surface area contributed by atoms with E-state index in [-0.39, 0.29) is 12.5 Å². The first-order valence-corrected chi connectivity index (χ1v) is 9.12. The van der Waals surface area contributed by atoms with Gasteiger partial charge in [-0.15, -0.1) is 0 Å². The van der Waals surface area contributed by atoms with Crippen molar-refractivity contribution in [3.63, 3.8) is 0 Å². The SMILES string of the molecule is Cc1ccc(NC(=O)Cn2c(-c3ccccc3)cc3ccccc32)c(C)c1. The number of hydrogen-bond acceptors (Lipinski definition) is 1. The minimum absolute atomic E-state index is 0.0273. The van der Waals surface area contributed by atoms with E-state index in [1.807, 2.05) is 49.4 Å². The first-order chi connectivity index (χ1) is 13.1. The molecule has 1 N–H and O–H groups in total. The van der Waals surface area contributed by atoms with Crippen LogP contribution in [0.2, 0.25) is 0 Å². The number of hydrogen-bond donors (Lipinski definition) is 1. The highest BCUT2D eigenvalue weighted by Gasteiger charge is 2.14. The quantitative estimate of drug-likeness (QED) is 0.511. The standard InChI is InChI=1S/C24H22N2O/c1-17-12-13-21(18(2)14-17)25-24(27)16-26-22-11-7-6-10-20(22)15-23(26)19-8-4-3-5-9-19/h3-15H,16H2,1-2H3,(H,25,27). The third kappa shape index (κ3) is 3.49. The number of fused-ring (bicyclic) bond motifs is 1. The molecule has 3 aromatic carbocycles. The number of nitrogens with zero attached hydrogens (tertiary/aromatic N) is 1. The molecule has 0 aliphatic carbocycles. The molecule has 0 aliphatic heterocycles. The molecule has 1 aromatic heterocycles. The zero-order valence-electron chi connectivity index (χ0n) is 15.6. The van der Waals surface area contributed by atoms with Crippen molar-refractivity contribution in [1.82, 2.24) is 4.57 Å². The Hall–Kier alpha value is -3.33. The summed E-state index contributed by atoms with van der Waals surface area (Å²) >= 11 is 0. The van der Waals surface area contributed by atoms with Crippen molar-refractivity contribution in [2.75, 3.05) is 5.32 Å². The van der Waals surface area contributed by atoms with E-state index in [4.69, 9.17) is 0 Å². The van der Waals surface area contributed by atoms with Crippen LogP contribution in [0.15, 0.2) is 78.9 Å². The maximum atomic E-state index is 12.8. The molecule has 27 heavy (non-hydrogen) atoms. The van der Waals surface area contributed by atoms with Crippen LogP contribution >= 0.6 is 0 Å². The monoisotopic (exact) mass is 354 g/mol. The van der Waals surface area contributed by atoms with Crippen molar-refractivity contribution >= 4 is 22.5 Å². The van der Waals surface area contributed by atoms with Crippen LogP contribution in [0.5, 0.6) is 0 Å². The van der Waals surface area contributed by atoms with Gasteiger partial charge >= 0.3 is 0 Å². The maximum absolute atomic E-state index is 12.8. The van der Waals surface area contributed by atoms with Gasteiger partial charge < -0.3 is 9.88 Å². The van der Waals surface area contributed by atoms with Crippen molar-refractivity contribution < 1.29 is 4.79 Å². The van der Waals surface area contributed by atoms with E-state index in [0.717, 1.165) is 33.4 Å². The van der Waals surface area contributed by atoms with Crippen LogP contribution in [0.1, 0.15) is 11.1 Å². The minimum atomic E-state index is -0.0273. The molecule has 0 spiro atoms. The normalized spacial score (nSPS) is 10.9. The Balaban J connectivity index is 1.69. The summed E-state index contributed by atoms with van der Waals surface area (Å²) in [5.41, 5.74) is 6.34. The molecule has 4 rings (SSSR count). The molecule has 3 heteroatoms. The number of carbonyl (C=O) groups is 1. The molecule has 0 saturated carbocycles. The Bertz CT molecular complexity index is 1110. The third-order valence-electron chi connectivity index (χ3n) is 4.84. The Morgan fingerprint density at radius 2 is 1.63 bits per heavy atom. The van der Waals surface area contributed by atoms with Crippen molar-refractivity contribution in [2.24, 2.45) is 0 Å². The van der Waals surface area contributed by atoms with Gasteiger partial charge in [-0.25, -0.2) is 0 Å². The molecule has 0 atom stereocenters. The fourth-order valence-electron chi connectivity index (χ4n) is 3.52. The average Bonchev–Trinajstić information content (AvgIpc) is 3.03. The van der Waals surface area contributed by atoms with Crippen molar-refractivity contribution in [2.45, 2.75) is 20.4 Å². The van der Waals surface area contributed by atoms with E-state index in [0.29, 0.717) is 0 Å². The summed E-state index contributed by atoms with van der Waals surface area (Å²) in [6.45, 7) is 4.34. The largest absolute Gasteiger partial charge is 0.331 e. The predicted molar refractivity (Wildman–Crippen MR) is 112 cm³/mol. The summed E-state index contributed by atoms with van der Waals surface area (Å²) in [4.78, 5) is 12.8. The summed E-state index contributed by atoms with van der Waals surface area (Å²) in [5.74, 6) is -0.0273. The lowest BCUT2D eigenvalue weighted by molar-refractivity contribution is -0.116. The first-order valence-electron chi connectivity index (χ1n) is 9.12. The van der Waals surface area contributed by atoms with Gasteiger partial charge in [0.05, 0.1) is 0 Å². The lowest BCUT2D eigenvalue weighted by Crippen LogP contribution is -2.19. The number of rotatable bonds is 4. The van der Waals surface area contributed by atoms with Gasteiger partial charge in [-0.05, 0) is 43.2 Å². The van der Waals surface area contributed by atoms with Crippen molar-refractivity contribution in [3.8, 4) is 11.3 Å². The molecule has 0 aliphatic rings. The molecule has 3 nitrogen and oxygen atoms in total. The molecular formula is C24H22N2O. The van der Waals surface area contributed by atoms with Crippen LogP contribution in [-0.4, -0.2) is 10.5 Å². The van der Waals surface area contributed by atoms with Crippen molar-refractivity contribution in [3.05, 3.63) is 90.0 Å². The van der Waals surface area contributed by atoms with Gasteiger partial charge in [-0.3, -0.25) is 4.79 Å². The van der Waals surface area contributed by atoms with E-state index in [1.54, 1.807) is 0 Å². The lowest BCUT2D eigenvalue weighted by Gasteiger charge is -2.13. The van der Waals surface area contributed by atoms with Crippen LogP contribution in [0.3, 0.4) is 0 Å². The van der Waals surface area contributed by atoms with E-state index in [9.17, 15) is 4.79 Å². The summed E-state index contributed by atoms with van der Waals surface area (Å²) in [5, 5.41) is 4.19. The second-order valence-electron chi connectivity index (χ2n) is 6.91. The number of para-hydroxylation sites is 1. The highest BCUT2D eigenvalue weighted by atomic mass is 16.1. The highest BCUT2D eigenvalue weighted by molar-refractivity contribution is 5.94. The van der Waals surface area contributed by atoms with E-state index >= 15 is 0 Å². The molecule has 0 unspecified atom stereocenters. The zero-order chi connectivity index (χ0) is 18.8. The molecule has 0 radical (unpaired) electrons. The first kappa shape index (κ1) is 17.1. The van der Waals surface area contributed by atoms with Crippen LogP contribution in [0.25, 0.3) is 22.2 Å². The number of anilines is 1. The van der Waals surface area contributed by atoms with E-state index in [2.05, 4.69) is 53.2 Å². The van der Waals surface area contributed by atoms with Crippen LogP contribution in [-0.2, 0) is 11.3 Å². The van der Waals surface area contributed by atoms with Gasteiger partial charge in [0.15, 0.2) is 0 Å². The molecule has 0 bridgehead atoms. The Labute approximate surface area is 159 Å². The third-order valence-corrected chi connectivity index (χ3v) is 4.84. The second kappa shape index (κ2) is 7.12. The van der Waals surface area contributed by atoms with Gasteiger partial charge in [-0.2, -0.15) is 0 Å².